The fraction of sp³-hybridized carbons (Fsp3) is 0.111. The van der Waals surface area contributed by atoms with Crippen LogP contribution < -0.4 is 5.32 Å². The van der Waals surface area contributed by atoms with Crippen molar-refractivity contribution in [3.8, 4) is 0 Å². The fourth-order valence-corrected chi connectivity index (χ4v) is 2.10. The smallest absolute Gasteiger partial charge is 0.381 e. The van der Waals surface area contributed by atoms with Crippen LogP contribution in [0.25, 0.3) is 0 Å². The van der Waals surface area contributed by atoms with Crippen molar-refractivity contribution in [2.75, 3.05) is 5.32 Å². The van der Waals surface area contributed by atoms with Crippen LogP contribution in [0.3, 0.4) is 0 Å². The minimum Gasteiger partial charge on any atom is -0.381 e. The summed E-state index contributed by atoms with van der Waals surface area (Å²) in [6.07, 6.45) is 0. The van der Waals surface area contributed by atoms with E-state index in [2.05, 4.69) is 24.4 Å². The molecular formula is C18H18ClFeN. The number of hydrogen-bond acceptors (Lipinski definition) is 1. The number of rotatable bonds is 3. The van der Waals surface area contributed by atoms with Crippen LogP contribution in [0, 0.1) is 0 Å². The van der Waals surface area contributed by atoms with Crippen LogP contribution in [0.15, 0.2) is 78.9 Å². The molecule has 1 nitrogen and oxygen atoms in total. The third-order valence-corrected chi connectivity index (χ3v) is 3.19. The summed E-state index contributed by atoms with van der Waals surface area (Å²) < 4.78 is 0. The molecule has 3 rings (SSSR count). The van der Waals surface area contributed by atoms with E-state index in [-0.39, 0.29) is 17.1 Å². The Morgan fingerprint density at radius 1 is 1.00 bits per heavy atom. The number of benzene rings is 1. The average Bonchev–Trinajstić information content (AvgIpc) is 3.15. The molecule has 3 aromatic rings. The minimum atomic E-state index is 0. The standard InChI is InChI=1S/C13H13ClN.C5H5.Fe/c1-10(11-5-2-3-6-11)15-13-8-4-7-12(14)9-13;1-2-4-5-3-1;/h2-10,15H,1H3;1-5H;/q2*-1;+2. The Morgan fingerprint density at radius 2 is 1.76 bits per heavy atom. The molecule has 1 atom stereocenters. The third-order valence-electron chi connectivity index (χ3n) is 2.95. The first kappa shape index (κ1) is 17.6. The molecule has 0 saturated carbocycles. The molecule has 0 amide bonds. The van der Waals surface area contributed by atoms with Crippen molar-refractivity contribution in [2.45, 2.75) is 13.0 Å². The van der Waals surface area contributed by atoms with Crippen LogP contribution in [0.2, 0.25) is 5.02 Å². The number of nitrogens with one attached hydrogen (secondary N) is 1. The van der Waals surface area contributed by atoms with E-state index in [0.717, 1.165) is 10.7 Å². The van der Waals surface area contributed by atoms with Gasteiger partial charge in [0.25, 0.3) is 0 Å². The number of halogens is 1. The van der Waals surface area contributed by atoms with Gasteiger partial charge in [-0.05, 0) is 25.1 Å². The first-order chi connectivity index (χ1) is 9.75. The van der Waals surface area contributed by atoms with Crippen LogP contribution in [-0.2, 0) is 17.1 Å². The molecule has 21 heavy (non-hydrogen) atoms. The van der Waals surface area contributed by atoms with Gasteiger partial charge in [0.15, 0.2) is 0 Å². The summed E-state index contributed by atoms with van der Waals surface area (Å²) in [5, 5.41) is 4.16. The Morgan fingerprint density at radius 3 is 2.29 bits per heavy atom. The normalized spacial score (nSPS) is 10.8. The molecule has 3 heteroatoms. The fourth-order valence-electron chi connectivity index (χ4n) is 1.91. The van der Waals surface area contributed by atoms with Gasteiger partial charge in [0.2, 0.25) is 0 Å². The summed E-state index contributed by atoms with van der Waals surface area (Å²) in [6.45, 7) is 2.14. The maximum atomic E-state index is 5.91. The van der Waals surface area contributed by atoms with Gasteiger partial charge in [-0.25, -0.2) is 24.3 Å². The summed E-state index contributed by atoms with van der Waals surface area (Å²) in [5.41, 5.74) is 2.34. The quantitative estimate of drug-likeness (QED) is 0.481. The maximum Gasteiger partial charge on any atom is 2.00 e. The molecule has 0 aliphatic rings. The SMILES string of the molecule is CC(Nc1cccc(Cl)c1)c1ccc[cH-]1.[Fe+2].c1cc[cH-]c1. The molecule has 0 aromatic heterocycles. The maximum absolute atomic E-state index is 5.91. The van der Waals surface area contributed by atoms with Crippen LogP contribution in [0.4, 0.5) is 5.69 Å². The molecular weight excluding hydrogens is 322 g/mol. The van der Waals surface area contributed by atoms with Gasteiger partial charge in [-0.3, -0.25) is 0 Å². The average molecular weight is 340 g/mol. The van der Waals surface area contributed by atoms with Gasteiger partial charge in [-0.2, -0.15) is 30.3 Å². The number of anilines is 1. The predicted molar refractivity (Wildman–Crippen MR) is 87.6 cm³/mol. The predicted octanol–water partition coefficient (Wildman–Crippen LogP) is 5.64. The second-order valence-corrected chi connectivity index (χ2v) is 4.99. The van der Waals surface area contributed by atoms with Gasteiger partial charge in [0.1, 0.15) is 0 Å². The van der Waals surface area contributed by atoms with Crippen molar-refractivity contribution in [1.82, 2.24) is 0 Å². The first-order valence-electron chi connectivity index (χ1n) is 6.66. The molecule has 1 N–H and O–H groups in total. The van der Waals surface area contributed by atoms with Crippen LogP contribution >= 0.6 is 11.6 Å². The molecule has 0 spiro atoms. The van der Waals surface area contributed by atoms with E-state index in [1.807, 2.05) is 66.7 Å². The summed E-state index contributed by atoms with van der Waals surface area (Å²) in [7, 11) is 0. The van der Waals surface area contributed by atoms with Crippen molar-refractivity contribution in [1.29, 1.82) is 0 Å². The molecule has 0 heterocycles. The topological polar surface area (TPSA) is 12.0 Å². The van der Waals surface area contributed by atoms with Gasteiger partial charge in [0.05, 0.1) is 0 Å². The van der Waals surface area contributed by atoms with Crippen molar-refractivity contribution >= 4 is 17.3 Å². The Bertz CT molecular complexity index is 570. The van der Waals surface area contributed by atoms with Crippen LogP contribution in [0.5, 0.6) is 0 Å². The van der Waals surface area contributed by atoms with Gasteiger partial charge in [-0.15, -0.1) is 5.56 Å². The van der Waals surface area contributed by atoms with E-state index in [1.54, 1.807) is 0 Å². The minimum absolute atomic E-state index is 0. The third kappa shape index (κ3) is 6.22. The Labute approximate surface area is 142 Å². The second-order valence-electron chi connectivity index (χ2n) is 4.56. The second kappa shape index (κ2) is 9.46. The van der Waals surface area contributed by atoms with E-state index in [4.69, 9.17) is 11.6 Å². The summed E-state index contributed by atoms with van der Waals surface area (Å²) in [5.74, 6) is 0. The van der Waals surface area contributed by atoms with Crippen LogP contribution in [-0.4, -0.2) is 0 Å². The Balaban J connectivity index is 0.000000313. The van der Waals surface area contributed by atoms with E-state index in [9.17, 15) is 0 Å². The monoisotopic (exact) mass is 339 g/mol. The van der Waals surface area contributed by atoms with Crippen molar-refractivity contribution < 1.29 is 17.1 Å². The zero-order valence-electron chi connectivity index (χ0n) is 11.8. The van der Waals surface area contributed by atoms with Gasteiger partial charge < -0.3 is 5.32 Å². The van der Waals surface area contributed by atoms with Gasteiger partial charge >= 0.3 is 17.1 Å². The Kier molecular flexibility index (Phi) is 7.92. The molecule has 0 radical (unpaired) electrons. The van der Waals surface area contributed by atoms with Crippen molar-refractivity contribution in [3.05, 3.63) is 89.4 Å². The first-order valence-corrected chi connectivity index (χ1v) is 7.04. The zero-order valence-corrected chi connectivity index (χ0v) is 13.7. The summed E-state index contributed by atoms with van der Waals surface area (Å²) in [4.78, 5) is 0. The van der Waals surface area contributed by atoms with E-state index in [0.29, 0.717) is 6.04 Å². The van der Waals surface area contributed by atoms with Gasteiger partial charge in [-0.1, -0.05) is 17.7 Å². The van der Waals surface area contributed by atoms with Gasteiger partial charge in [0, 0.05) is 16.8 Å². The molecule has 0 bridgehead atoms. The van der Waals surface area contributed by atoms with E-state index >= 15 is 0 Å². The molecule has 0 fully saturated rings. The molecule has 3 aromatic carbocycles. The molecule has 110 valence electrons. The largest absolute Gasteiger partial charge is 2.00 e. The van der Waals surface area contributed by atoms with E-state index < -0.39 is 0 Å². The van der Waals surface area contributed by atoms with Crippen molar-refractivity contribution in [3.63, 3.8) is 0 Å². The van der Waals surface area contributed by atoms with Crippen LogP contribution in [0.1, 0.15) is 18.5 Å². The van der Waals surface area contributed by atoms with Crippen molar-refractivity contribution in [2.24, 2.45) is 0 Å². The summed E-state index contributed by atoms with van der Waals surface area (Å²) in [6, 6.07) is 26.4. The molecule has 0 saturated heterocycles. The number of hydrogen-bond donors (Lipinski definition) is 1. The summed E-state index contributed by atoms with van der Waals surface area (Å²) >= 11 is 5.91. The molecule has 0 aliphatic carbocycles. The zero-order chi connectivity index (χ0) is 14.2. The molecule has 1 unspecified atom stereocenters. The molecule has 0 aliphatic heterocycles. The Hall–Kier alpha value is -1.47. The van der Waals surface area contributed by atoms with E-state index in [1.165, 1.54) is 5.56 Å².